The fraction of sp³-hybridized carbons (Fsp3) is 0.611. The Kier molecular flexibility index (Phi) is 8.51. The minimum Gasteiger partial charge on any atom is -0.333 e. The molecule has 2 fully saturated rings. The number of halogens is 2. The molecule has 0 spiro atoms. The summed E-state index contributed by atoms with van der Waals surface area (Å²) >= 11 is 0. The van der Waals surface area contributed by atoms with Gasteiger partial charge in [-0.1, -0.05) is 12.1 Å². The molecule has 2 aliphatic rings. The summed E-state index contributed by atoms with van der Waals surface area (Å²) in [6.07, 6.45) is 2.60. The van der Waals surface area contributed by atoms with Crippen LogP contribution in [0.3, 0.4) is 0 Å². The van der Waals surface area contributed by atoms with Gasteiger partial charge < -0.3 is 10.2 Å². The van der Waals surface area contributed by atoms with E-state index < -0.39 is 0 Å². The first kappa shape index (κ1) is 21.2. The molecule has 1 N–H and O–H groups in total. The average molecular weight is 374 g/mol. The predicted octanol–water partition coefficient (Wildman–Crippen LogP) is 2.95. The second-order valence-corrected chi connectivity index (χ2v) is 6.67. The van der Waals surface area contributed by atoms with Crippen molar-refractivity contribution < 1.29 is 4.79 Å². The fourth-order valence-electron chi connectivity index (χ4n) is 3.51. The molecule has 0 aliphatic carbocycles. The third-order valence-corrected chi connectivity index (χ3v) is 5.07. The summed E-state index contributed by atoms with van der Waals surface area (Å²) in [5.74, 6) is 0.170. The van der Waals surface area contributed by atoms with Crippen molar-refractivity contribution >= 4 is 30.7 Å². The third kappa shape index (κ3) is 4.85. The van der Waals surface area contributed by atoms with Crippen LogP contribution >= 0.6 is 24.8 Å². The first-order valence-corrected chi connectivity index (χ1v) is 8.51. The molecular weight excluding hydrogens is 345 g/mol. The number of rotatable bonds is 3. The highest BCUT2D eigenvalue weighted by Crippen LogP contribution is 2.17. The predicted molar refractivity (Wildman–Crippen MR) is 103 cm³/mol. The van der Waals surface area contributed by atoms with Crippen molar-refractivity contribution in [1.82, 2.24) is 15.1 Å². The lowest BCUT2D eigenvalue weighted by molar-refractivity contribution is 0.0603. The van der Waals surface area contributed by atoms with Crippen LogP contribution in [0, 0.1) is 0 Å². The van der Waals surface area contributed by atoms with E-state index in [2.05, 4.69) is 36.2 Å². The Morgan fingerprint density at radius 2 is 1.88 bits per heavy atom. The molecule has 0 radical (unpaired) electrons. The average Bonchev–Trinajstić information content (AvgIpc) is 3.02. The number of nitrogens with zero attached hydrogens (tertiary/aromatic N) is 2. The SMILES string of the molecule is CC1NCCN(C(=O)c2cccc(CN3CCCC3)c2)C1C.Cl.Cl. The maximum Gasteiger partial charge on any atom is 0.254 e. The van der Waals surface area contributed by atoms with Crippen molar-refractivity contribution in [3.8, 4) is 0 Å². The van der Waals surface area contributed by atoms with Crippen LogP contribution in [-0.2, 0) is 6.54 Å². The highest BCUT2D eigenvalue weighted by Gasteiger charge is 2.28. The first-order chi connectivity index (χ1) is 10.6. The second-order valence-electron chi connectivity index (χ2n) is 6.67. The van der Waals surface area contributed by atoms with Gasteiger partial charge in [0, 0.05) is 37.3 Å². The van der Waals surface area contributed by atoms with E-state index in [9.17, 15) is 4.79 Å². The van der Waals surface area contributed by atoms with Gasteiger partial charge in [-0.2, -0.15) is 0 Å². The summed E-state index contributed by atoms with van der Waals surface area (Å²) < 4.78 is 0. The van der Waals surface area contributed by atoms with Crippen LogP contribution in [0.4, 0.5) is 0 Å². The van der Waals surface area contributed by atoms with Gasteiger partial charge in [0.2, 0.25) is 0 Å². The van der Waals surface area contributed by atoms with Crippen molar-refractivity contribution in [2.24, 2.45) is 0 Å². The topological polar surface area (TPSA) is 35.6 Å². The molecular formula is C18H29Cl2N3O. The zero-order valence-corrected chi connectivity index (χ0v) is 16.2. The van der Waals surface area contributed by atoms with E-state index in [0.717, 1.165) is 25.2 Å². The van der Waals surface area contributed by atoms with Gasteiger partial charge in [0.15, 0.2) is 0 Å². The Hall–Kier alpha value is -0.810. The molecule has 2 saturated heterocycles. The Bertz CT molecular complexity index is 535. The molecule has 1 aromatic rings. The fourth-order valence-corrected chi connectivity index (χ4v) is 3.51. The zero-order valence-electron chi connectivity index (χ0n) is 14.5. The third-order valence-electron chi connectivity index (χ3n) is 5.07. The summed E-state index contributed by atoms with van der Waals surface area (Å²) in [6.45, 7) is 9.28. The minimum atomic E-state index is 0. The Morgan fingerprint density at radius 1 is 1.17 bits per heavy atom. The van der Waals surface area contributed by atoms with E-state index in [1.807, 2.05) is 17.0 Å². The highest BCUT2D eigenvalue weighted by atomic mass is 35.5. The number of hydrogen-bond acceptors (Lipinski definition) is 3. The largest absolute Gasteiger partial charge is 0.333 e. The molecule has 0 bridgehead atoms. The lowest BCUT2D eigenvalue weighted by Gasteiger charge is -2.38. The molecule has 4 nitrogen and oxygen atoms in total. The summed E-state index contributed by atoms with van der Waals surface area (Å²) in [4.78, 5) is 17.3. The molecule has 6 heteroatoms. The number of carbonyl (C=O) groups is 1. The van der Waals surface area contributed by atoms with Crippen molar-refractivity contribution in [1.29, 1.82) is 0 Å². The smallest absolute Gasteiger partial charge is 0.254 e. The molecule has 2 heterocycles. The molecule has 2 unspecified atom stereocenters. The molecule has 1 aromatic carbocycles. The van der Waals surface area contributed by atoms with Gasteiger partial charge in [-0.05, 0) is 57.5 Å². The van der Waals surface area contributed by atoms with E-state index in [4.69, 9.17) is 0 Å². The van der Waals surface area contributed by atoms with E-state index in [0.29, 0.717) is 6.04 Å². The summed E-state index contributed by atoms with van der Waals surface area (Å²) in [6, 6.07) is 8.79. The Labute approximate surface area is 157 Å². The van der Waals surface area contributed by atoms with Gasteiger partial charge in [-0.15, -0.1) is 24.8 Å². The van der Waals surface area contributed by atoms with Crippen LogP contribution in [0.2, 0.25) is 0 Å². The number of likely N-dealkylation sites (tertiary alicyclic amines) is 1. The number of hydrogen-bond donors (Lipinski definition) is 1. The highest BCUT2D eigenvalue weighted by molar-refractivity contribution is 5.94. The van der Waals surface area contributed by atoms with E-state index in [1.54, 1.807) is 0 Å². The van der Waals surface area contributed by atoms with Crippen LogP contribution in [-0.4, -0.2) is 54.0 Å². The molecule has 24 heavy (non-hydrogen) atoms. The summed E-state index contributed by atoms with van der Waals surface area (Å²) in [5, 5.41) is 3.43. The van der Waals surface area contributed by atoms with Gasteiger partial charge in [0.25, 0.3) is 5.91 Å². The Morgan fingerprint density at radius 3 is 2.58 bits per heavy atom. The maximum atomic E-state index is 12.8. The van der Waals surface area contributed by atoms with Crippen LogP contribution < -0.4 is 5.32 Å². The molecule has 2 aliphatic heterocycles. The molecule has 136 valence electrons. The lowest BCUT2D eigenvalue weighted by atomic mass is 10.0. The van der Waals surface area contributed by atoms with Crippen molar-refractivity contribution in [3.05, 3.63) is 35.4 Å². The van der Waals surface area contributed by atoms with Crippen LogP contribution in [0.5, 0.6) is 0 Å². The standard InChI is InChI=1S/C18H27N3O.2ClH/c1-14-15(2)21(11-8-19-14)18(22)17-7-5-6-16(12-17)13-20-9-3-4-10-20;;/h5-7,12,14-15,19H,3-4,8-11,13H2,1-2H3;2*1H. The van der Waals surface area contributed by atoms with Gasteiger partial charge >= 0.3 is 0 Å². The van der Waals surface area contributed by atoms with Crippen molar-refractivity contribution in [2.75, 3.05) is 26.2 Å². The van der Waals surface area contributed by atoms with E-state index in [-0.39, 0.29) is 36.8 Å². The van der Waals surface area contributed by atoms with E-state index >= 15 is 0 Å². The lowest BCUT2D eigenvalue weighted by Crippen LogP contribution is -2.57. The normalized spacial score (nSPS) is 24.2. The van der Waals surface area contributed by atoms with Crippen molar-refractivity contribution in [2.45, 2.75) is 45.3 Å². The maximum absolute atomic E-state index is 12.8. The zero-order chi connectivity index (χ0) is 15.5. The number of amides is 1. The minimum absolute atomic E-state index is 0. The number of nitrogens with one attached hydrogen (secondary N) is 1. The quantitative estimate of drug-likeness (QED) is 0.884. The van der Waals surface area contributed by atoms with Gasteiger partial charge in [-0.3, -0.25) is 9.69 Å². The molecule has 3 rings (SSSR count). The first-order valence-electron chi connectivity index (χ1n) is 8.51. The number of benzene rings is 1. The van der Waals surface area contributed by atoms with E-state index in [1.165, 1.54) is 31.5 Å². The van der Waals surface area contributed by atoms with Crippen LogP contribution in [0.1, 0.15) is 42.6 Å². The van der Waals surface area contributed by atoms with Crippen LogP contribution in [0.15, 0.2) is 24.3 Å². The number of piperazine rings is 1. The molecule has 0 saturated carbocycles. The van der Waals surface area contributed by atoms with Crippen molar-refractivity contribution in [3.63, 3.8) is 0 Å². The number of carbonyl (C=O) groups excluding carboxylic acids is 1. The summed E-state index contributed by atoms with van der Waals surface area (Å²) in [7, 11) is 0. The Balaban J connectivity index is 0.00000144. The monoisotopic (exact) mass is 373 g/mol. The second kappa shape index (κ2) is 9.62. The summed E-state index contributed by atoms with van der Waals surface area (Å²) in [5.41, 5.74) is 2.08. The van der Waals surface area contributed by atoms with Gasteiger partial charge in [-0.25, -0.2) is 0 Å². The molecule has 0 aromatic heterocycles. The van der Waals surface area contributed by atoms with Gasteiger partial charge in [0.05, 0.1) is 0 Å². The molecule has 1 amide bonds. The van der Waals surface area contributed by atoms with Crippen LogP contribution in [0.25, 0.3) is 0 Å². The molecule has 2 atom stereocenters. The van der Waals surface area contributed by atoms with Gasteiger partial charge in [0.1, 0.15) is 0 Å².